The molecule has 0 saturated heterocycles. The van der Waals surface area contributed by atoms with Gasteiger partial charge >= 0.3 is 0 Å². The minimum atomic E-state index is 0.860. The van der Waals surface area contributed by atoms with Crippen LogP contribution in [0.4, 0.5) is 0 Å². The van der Waals surface area contributed by atoms with Gasteiger partial charge in [0.1, 0.15) is 0 Å². The topological polar surface area (TPSA) is 0 Å². The zero-order valence-corrected chi connectivity index (χ0v) is 8.09. The first-order valence-corrected chi connectivity index (χ1v) is 5.09. The summed E-state index contributed by atoms with van der Waals surface area (Å²) in [4.78, 5) is 0. The Morgan fingerprint density at radius 2 is 2.08 bits per heavy atom. The lowest BCUT2D eigenvalue weighted by molar-refractivity contribution is 0.262. The van der Waals surface area contributed by atoms with Crippen LogP contribution in [-0.2, 0) is 0 Å². The summed E-state index contributed by atoms with van der Waals surface area (Å²) in [6, 6.07) is 0. The van der Waals surface area contributed by atoms with Gasteiger partial charge in [0.15, 0.2) is 0 Å². The van der Waals surface area contributed by atoms with Crippen molar-refractivity contribution in [2.45, 2.75) is 33.1 Å². The van der Waals surface area contributed by atoms with E-state index >= 15 is 0 Å². The molecule has 2 bridgehead atoms. The summed E-state index contributed by atoms with van der Waals surface area (Å²) in [7, 11) is 0. The molecule has 0 N–H and O–H groups in total. The molecule has 3 aliphatic carbocycles. The van der Waals surface area contributed by atoms with Gasteiger partial charge in [-0.1, -0.05) is 23.8 Å². The van der Waals surface area contributed by atoms with Gasteiger partial charge in [-0.2, -0.15) is 0 Å². The summed E-state index contributed by atoms with van der Waals surface area (Å²) in [6.45, 7) is 4.43. The van der Waals surface area contributed by atoms with E-state index in [1.165, 1.54) is 24.8 Å². The second kappa shape index (κ2) is 3.08. The molecule has 1 saturated carbocycles. The zero-order chi connectivity index (χ0) is 8.55. The number of hydrogen-bond acceptors (Lipinski definition) is 0. The van der Waals surface area contributed by atoms with E-state index < -0.39 is 0 Å². The van der Waals surface area contributed by atoms with Crippen LogP contribution < -0.4 is 0 Å². The molecular weight excluding hydrogens is 144 g/mol. The molecule has 12 heavy (non-hydrogen) atoms. The van der Waals surface area contributed by atoms with Crippen molar-refractivity contribution >= 4 is 0 Å². The average molecular weight is 162 g/mol. The molecule has 0 aromatic carbocycles. The summed E-state index contributed by atoms with van der Waals surface area (Å²) >= 11 is 0. The van der Waals surface area contributed by atoms with Gasteiger partial charge < -0.3 is 0 Å². The molecule has 0 aromatic rings. The molecule has 3 rings (SSSR count). The van der Waals surface area contributed by atoms with Gasteiger partial charge in [0.2, 0.25) is 0 Å². The van der Waals surface area contributed by atoms with Crippen molar-refractivity contribution in [1.29, 1.82) is 0 Å². The SMILES string of the molecule is CC(C)=CC1CC2C=CC1CC2. The molecule has 3 atom stereocenters. The third-order valence-electron chi connectivity index (χ3n) is 3.17. The van der Waals surface area contributed by atoms with Crippen LogP contribution in [0.15, 0.2) is 23.8 Å². The Labute approximate surface area is 75.4 Å². The molecule has 0 heteroatoms. The molecule has 1 fully saturated rings. The van der Waals surface area contributed by atoms with Gasteiger partial charge in [-0.15, -0.1) is 0 Å². The highest BCUT2D eigenvalue weighted by atomic mass is 14.3. The van der Waals surface area contributed by atoms with Crippen LogP contribution in [0.5, 0.6) is 0 Å². The first kappa shape index (κ1) is 8.10. The van der Waals surface area contributed by atoms with Crippen LogP contribution in [0.3, 0.4) is 0 Å². The maximum atomic E-state index is 2.47. The monoisotopic (exact) mass is 162 g/mol. The number of allylic oxidation sites excluding steroid dienone is 4. The first-order chi connectivity index (χ1) is 5.75. The molecule has 0 spiro atoms. The van der Waals surface area contributed by atoms with E-state index in [0.29, 0.717) is 0 Å². The van der Waals surface area contributed by atoms with Gasteiger partial charge in [0.25, 0.3) is 0 Å². The van der Waals surface area contributed by atoms with Crippen molar-refractivity contribution in [3.05, 3.63) is 23.8 Å². The summed E-state index contributed by atoms with van der Waals surface area (Å²) in [6.07, 6.45) is 11.6. The van der Waals surface area contributed by atoms with Crippen LogP contribution in [0, 0.1) is 17.8 Å². The second-order valence-electron chi connectivity index (χ2n) is 4.53. The van der Waals surface area contributed by atoms with E-state index in [9.17, 15) is 0 Å². The molecule has 3 unspecified atom stereocenters. The van der Waals surface area contributed by atoms with Gasteiger partial charge in [-0.25, -0.2) is 0 Å². The summed E-state index contributed by atoms with van der Waals surface area (Å²) in [5, 5.41) is 0. The first-order valence-electron chi connectivity index (χ1n) is 5.09. The fourth-order valence-electron chi connectivity index (χ4n) is 2.60. The van der Waals surface area contributed by atoms with Crippen molar-refractivity contribution < 1.29 is 0 Å². The molecule has 0 amide bonds. The Morgan fingerprint density at radius 1 is 1.25 bits per heavy atom. The van der Waals surface area contributed by atoms with Crippen LogP contribution in [0.2, 0.25) is 0 Å². The third kappa shape index (κ3) is 1.48. The Hall–Kier alpha value is -0.520. The smallest absolute Gasteiger partial charge is 0.0162 e. The summed E-state index contributed by atoms with van der Waals surface area (Å²) in [5.74, 6) is 2.62. The van der Waals surface area contributed by atoms with Crippen LogP contribution in [0.25, 0.3) is 0 Å². The predicted octanol–water partition coefficient (Wildman–Crippen LogP) is 3.55. The highest BCUT2D eigenvalue weighted by Gasteiger charge is 2.29. The van der Waals surface area contributed by atoms with E-state index in [-0.39, 0.29) is 0 Å². The van der Waals surface area contributed by atoms with E-state index in [0.717, 1.165) is 17.8 Å². The highest BCUT2D eigenvalue weighted by Crippen LogP contribution is 2.41. The zero-order valence-electron chi connectivity index (χ0n) is 8.09. The molecule has 0 heterocycles. The minimum Gasteiger partial charge on any atom is -0.0851 e. The molecule has 0 radical (unpaired) electrons. The van der Waals surface area contributed by atoms with E-state index in [1.807, 2.05) is 0 Å². The Kier molecular flexibility index (Phi) is 2.08. The summed E-state index contributed by atoms with van der Waals surface area (Å²) in [5.41, 5.74) is 1.49. The Balaban J connectivity index is 2.11. The van der Waals surface area contributed by atoms with Crippen LogP contribution >= 0.6 is 0 Å². The van der Waals surface area contributed by atoms with Crippen LogP contribution in [-0.4, -0.2) is 0 Å². The standard InChI is InChI=1S/C12H18/c1-9(2)7-12-8-10-3-5-11(12)6-4-10/h3,5,7,10-12H,4,6,8H2,1-2H3. The Bertz CT molecular complexity index is 218. The van der Waals surface area contributed by atoms with Gasteiger partial charge in [0, 0.05) is 0 Å². The van der Waals surface area contributed by atoms with E-state index in [1.54, 1.807) is 0 Å². The number of rotatable bonds is 1. The van der Waals surface area contributed by atoms with Crippen molar-refractivity contribution in [1.82, 2.24) is 0 Å². The van der Waals surface area contributed by atoms with Crippen molar-refractivity contribution in [2.75, 3.05) is 0 Å². The van der Waals surface area contributed by atoms with Crippen molar-refractivity contribution in [3.8, 4) is 0 Å². The molecule has 0 aromatic heterocycles. The van der Waals surface area contributed by atoms with E-state index in [4.69, 9.17) is 0 Å². The quantitative estimate of drug-likeness (QED) is 0.517. The normalized spacial score (nSPS) is 38.3. The molecular formula is C12H18. The predicted molar refractivity (Wildman–Crippen MR) is 52.9 cm³/mol. The van der Waals surface area contributed by atoms with Crippen molar-refractivity contribution in [3.63, 3.8) is 0 Å². The maximum absolute atomic E-state index is 2.47. The van der Waals surface area contributed by atoms with Crippen LogP contribution in [0.1, 0.15) is 33.1 Å². The molecule has 0 nitrogen and oxygen atoms in total. The number of hydrogen-bond donors (Lipinski definition) is 0. The number of fused-ring (bicyclic) bond motifs is 2. The van der Waals surface area contributed by atoms with Crippen molar-refractivity contribution in [2.24, 2.45) is 17.8 Å². The maximum Gasteiger partial charge on any atom is -0.0162 e. The summed E-state index contributed by atoms with van der Waals surface area (Å²) < 4.78 is 0. The Morgan fingerprint density at radius 3 is 2.50 bits per heavy atom. The lowest BCUT2D eigenvalue weighted by Gasteiger charge is -2.36. The van der Waals surface area contributed by atoms with Gasteiger partial charge in [-0.05, 0) is 50.9 Å². The lowest BCUT2D eigenvalue weighted by atomic mass is 9.69. The third-order valence-corrected chi connectivity index (χ3v) is 3.17. The van der Waals surface area contributed by atoms with Gasteiger partial charge in [0.05, 0.1) is 0 Å². The largest absolute Gasteiger partial charge is 0.0851 e. The molecule has 3 aliphatic rings. The molecule has 0 aliphatic heterocycles. The average Bonchev–Trinajstić information content (AvgIpc) is 2.05. The fraction of sp³-hybridized carbons (Fsp3) is 0.667. The highest BCUT2D eigenvalue weighted by molar-refractivity contribution is 5.12. The fourth-order valence-corrected chi connectivity index (χ4v) is 2.60. The molecule has 66 valence electrons. The minimum absolute atomic E-state index is 0.860. The van der Waals surface area contributed by atoms with Gasteiger partial charge in [-0.3, -0.25) is 0 Å². The second-order valence-corrected chi connectivity index (χ2v) is 4.53. The lowest BCUT2D eigenvalue weighted by Crippen LogP contribution is -2.25. The van der Waals surface area contributed by atoms with E-state index in [2.05, 4.69) is 32.1 Å².